The van der Waals surface area contributed by atoms with E-state index in [4.69, 9.17) is 20.1 Å². The Balaban J connectivity index is 2.42. The molecular formula is C10H14FN3O7P+. The van der Waals surface area contributed by atoms with Crippen LogP contribution in [0.2, 0.25) is 0 Å². The minimum Gasteiger partial charge on any atom is -0.391 e. The third-order valence-corrected chi connectivity index (χ3v) is 3.62. The van der Waals surface area contributed by atoms with Gasteiger partial charge in [0.15, 0.2) is 12.4 Å². The van der Waals surface area contributed by atoms with Crippen LogP contribution in [0.25, 0.3) is 0 Å². The Hall–Kier alpha value is -1.49. The van der Waals surface area contributed by atoms with Crippen molar-refractivity contribution in [3.8, 4) is 0 Å². The van der Waals surface area contributed by atoms with Gasteiger partial charge in [-0.25, -0.2) is 9.18 Å². The molecule has 1 fully saturated rings. The average molecular weight is 338 g/mol. The number of nitrogens with zero attached hydrogens (tertiary/aromatic N) is 2. The van der Waals surface area contributed by atoms with E-state index in [2.05, 4.69) is 9.51 Å². The van der Waals surface area contributed by atoms with Crippen molar-refractivity contribution >= 4 is 14.1 Å². The molecule has 0 amide bonds. The molecule has 10 nitrogen and oxygen atoms in total. The fraction of sp³-hybridized carbons (Fsp3) is 0.600. The van der Waals surface area contributed by atoms with Gasteiger partial charge in [0.2, 0.25) is 11.9 Å². The number of nitrogen functional groups attached to an aromatic ring is 1. The van der Waals surface area contributed by atoms with Crippen LogP contribution in [0.3, 0.4) is 0 Å². The number of anilines is 1. The normalized spacial score (nSPS) is 32.2. The van der Waals surface area contributed by atoms with Gasteiger partial charge in [0.05, 0.1) is 0 Å². The zero-order chi connectivity index (χ0) is 16.5. The molecule has 0 bridgehead atoms. The minimum absolute atomic E-state index is 0.0685. The van der Waals surface area contributed by atoms with Gasteiger partial charge in [0.25, 0.3) is 0 Å². The van der Waals surface area contributed by atoms with Crippen molar-refractivity contribution in [2.45, 2.75) is 24.3 Å². The highest BCUT2D eigenvalue weighted by Crippen LogP contribution is 2.43. The van der Waals surface area contributed by atoms with E-state index in [1.54, 1.807) is 0 Å². The molecule has 122 valence electrons. The number of ether oxygens (including phenoxy) is 2. The van der Waals surface area contributed by atoms with Crippen molar-refractivity contribution < 1.29 is 33.0 Å². The fourth-order valence-corrected chi connectivity index (χ4v) is 2.62. The van der Waals surface area contributed by atoms with Crippen LogP contribution in [-0.2, 0) is 18.6 Å². The summed E-state index contributed by atoms with van der Waals surface area (Å²) in [6.07, 6.45) is -4.25. The lowest BCUT2D eigenvalue weighted by Gasteiger charge is -2.27. The van der Waals surface area contributed by atoms with Crippen LogP contribution in [0.15, 0.2) is 17.1 Å². The standard InChI is InChI=1S/C10H13FN3O7P/c1-19-10(4-15)7(21-22(17)18)6(11)8(20-10)14-3-2-5(12)13-9(14)16/h2-3,6-8,15H,4H2,1H3,(H2-,12,13,16,17,18)/p+1/t6?,7?,8-,10-/m1/s1. The second-order valence-electron chi connectivity index (χ2n) is 4.43. The Morgan fingerprint density at radius 3 is 2.86 bits per heavy atom. The van der Waals surface area contributed by atoms with Gasteiger partial charge in [-0.1, -0.05) is 0 Å². The van der Waals surface area contributed by atoms with E-state index in [1.165, 1.54) is 6.07 Å². The lowest BCUT2D eigenvalue weighted by Crippen LogP contribution is -2.47. The van der Waals surface area contributed by atoms with Crippen molar-refractivity contribution in [2.75, 3.05) is 19.5 Å². The Morgan fingerprint density at radius 2 is 2.36 bits per heavy atom. The Kier molecular flexibility index (Phi) is 4.85. The van der Waals surface area contributed by atoms with Crippen LogP contribution in [0.1, 0.15) is 6.23 Å². The third-order valence-electron chi connectivity index (χ3n) is 3.21. The molecule has 0 aromatic carbocycles. The fourth-order valence-electron chi connectivity index (χ4n) is 2.15. The van der Waals surface area contributed by atoms with Crippen molar-refractivity contribution in [1.82, 2.24) is 9.55 Å². The monoisotopic (exact) mass is 338 g/mol. The molecule has 0 spiro atoms. The van der Waals surface area contributed by atoms with E-state index in [0.29, 0.717) is 0 Å². The van der Waals surface area contributed by atoms with Crippen LogP contribution >= 0.6 is 8.25 Å². The van der Waals surface area contributed by atoms with Crippen molar-refractivity contribution in [2.24, 2.45) is 0 Å². The number of hydrogen-bond acceptors (Lipinski definition) is 8. The van der Waals surface area contributed by atoms with Crippen LogP contribution < -0.4 is 11.4 Å². The lowest BCUT2D eigenvalue weighted by atomic mass is 10.1. The van der Waals surface area contributed by atoms with Crippen LogP contribution in [0.4, 0.5) is 10.2 Å². The zero-order valence-corrected chi connectivity index (χ0v) is 12.2. The molecule has 0 saturated carbocycles. The van der Waals surface area contributed by atoms with E-state index in [9.17, 15) is 18.9 Å². The highest BCUT2D eigenvalue weighted by atomic mass is 31.1. The summed E-state index contributed by atoms with van der Waals surface area (Å²) in [5.74, 6) is -2.11. The number of nitrogens with two attached hydrogens (primary N) is 1. The van der Waals surface area contributed by atoms with Gasteiger partial charge in [-0.3, -0.25) is 4.57 Å². The largest absolute Gasteiger partial charge is 0.695 e. The van der Waals surface area contributed by atoms with Gasteiger partial charge in [0, 0.05) is 17.9 Å². The first kappa shape index (κ1) is 16.9. The van der Waals surface area contributed by atoms with Gasteiger partial charge >= 0.3 is 13.9 Å². The molecule has 1 aliphatic heterocycles. The lowest BCUT2D eigenvalue weighted by molar-refractivity contribution is -0.266. The number of hydrogen-bond donors (Lipinski definition) is 3. The number of aliphatic hydroxyl groups excluding tert-OH is 1. The van der Waals surface area contributed by atoms with Gasteiger partial charge in [-0.05, 0) is 6.07 Å². The van der Waals surface area contributed by atoms with Crippen LogP contribution in [0, 0.1) is 0 Å². The van der Waals surface area contributed by atoms with E-state index >= 15 is 0 Å². The average Bonchev–Trinajstić information content (AvgIpc) is 2.73. The Labute approximate surface area is 124 Å². The summed E-state index contributed by atoms with van der Waals surface area (Å²) in [4.78, 5) is 24.0. The smallest absolute Gasteiger partial charge is 0.391 e. The maximum absolute atomic E-state index is 14.5. The summed E-state index contributed by atoms with van der Waals surface area (Å²) in [6, 6.07) is 1.24. The summed E-state index contributed by atoms with van der Waals surface area (Å²) in [6.45, 7) is -0.870. The van der Waals surface area contributed by atoms with Gasteiger partial charge in [0.1, 0.15) is 12.4 Å². The van der Waals surface area contributed by atoms with Crippen molar-refractivity contribution in [3.63, 3.8) is 0 Å². The first-order chi connectivity index (χ1) is 10.3. The minimum atomic E-state index is -3.19. The van der Waals surface area contributed by atoms with Crippen molar-refractivity contribution in [3.05, 3.63) is 22.7 Å². The summed E-state index contributed by atoms with van der Waals surface area (Å²) >= 11 is 0. The second-order valence-corrected chi connectivity index (χ2v) is 5.12. The van der Waals surface area contributed by atoms with Crippen LogP contribution in [-0.4, -0.2) is 51.3 Å². The van der Waals surface area contributed by atoms with Gasteiger partial charge < -0.3 is 20.3 Å². The Morgan fingerprint density at radius 1 is 1.68 bits per heavy atom. The molecule has 12 heteroatoms. The molecular weight excluding hydrogens is 324 g/mol. The summed E-state index contributed by atoms with van der Waals surface area (Å²) in [7, 11) is -2.10. The maximum atomic E-state index is 14.5. The second kappa shape index (κ2) is 6.32. The molecule has 3 unspecified atom stereocenters. The molecule has 0 radical (unpaired) electrons. The topological polar surface area (TPSA) is 146 Å². The number of aromatic nitrogens is 2. The quantitative estimate of drug-likeness (QED) is 0.579. The molecule has 2 rings (SSSR count). The SMILES string of the molecule is CO[C@]1(CO)O[C@@H](n2ccc(N)nc2=O)C(F)C1O[P+](=O)O. The van der Waals surface area contributed by atoms with Gasteiger partial charge in [-0.2, -0.15) is 4.98 Å². The van der Waals surface area contributed by atoms with Gasteiger partial charge in [-0.15, -0.1) is 9.42 Å². The molecule has 1 aromatic rings. The van der Waals surface area contributed by atoms with E-state index in [0.717, 1.165) is 17.9 Å². The molecule has 22 heavy (non-hydrogen) atoms. The molecule has 1 saturated heterocycles. The number of alkyl halides is 1. The molecule has 1 aromatic heterocycles. The van der Waals surface area contributed by atoms with E-state index < -0.39 is 44.8 Å². The number of methoxy groups -OCH3 is 1. The maximum Gasteiger partial charge on any atom is 0.695 e. The highest BCUT2D eigenvalue weighted by Gasteiger charge is 2.61. The molecule has 1 aliphatic rings. The first-order valence-corrected chi connectivity index (χ1v) is 7.13. The highest BCUT2D eigenvalue weighted by molar-refractivity contribution is 7.32. The number of aliphatic hydroxyl groups is 1. The summed E-state index contributed by atoms with van der Waals surface area (Å²) < 4.78 is 40.9. The summed E-state index contributed by atoms with van der Waals surface area (Å²) in [5, 5.41) is 9.40. The van der Waals surface area contributed by atoms with E-state index in [1.807, 2.05) is 0 Å². The number of rotatable bonds is 5. The Bertz CT molecular complexity index is 623. The zero-order valence-electron chi connectivity index (χ0n) is 11.3. The first-order valence-electron chi connectivity index (χ1n) is 6.00. The van der Waals surface area contributed by atoms with E-state index in [-0.39, 0.29) is 5.82 Å². The summed E-state index contributed by atoms with van der Waals surface area (Å²) in [5.41, 5.74) is 4.44. The molecule has 0 aliphatic carbocycles. The molecule has 2 heterocycles. The predicted octanol–water partition coefficient (Wildman–Crippen LogP) is -0.938. The number of halogens is 1. The van der Waals surface area contributed by atoms with Crippen molar-refractivity contribution in [1.29, 1.82) is 0 Å². The van der Waals surface area contributed by atoms with Crippen LogP contribution in [0.5, 0.6) is 0 Å². The molecule has 5 atom stereocenters. The third kappa shape index (κ3) is 2.86. The molecule has 4 N–H and O–H groups in total. The predicted molar refractivity (Wildman–Crippen MR) is 69.5 cm³/mol.